The van der Waals surface area contributed by atoms with Crippen LogP contribution in [-0.4, -0.2) is 30.2 Å². The summed E-state index contributed by atoms with van der Waals surface area (Å²) in [4.78, 5) is 12.6. The Hall–Kier alpha value is -1.43. The first kappa shape index (κ1) is 8.66. The van der Waals surface area contributed by atoms with Gasteiger partial charge in [0.25, 0.3) is 0 Å². The molecule has 1 heterocycles. The van der Waals surface area contributed by atoms with E-state index in [0.717, 1.165) is 0 Å². The molecule has 12 heavy (non-hydrogen) atoms. The van der Waals surface area contributed by atoms with Crippen molar-refractivity contribution in [3.8, 4) is 12.3 Å². The highest BCUT2D eigenvalue weighted by Crippen LogP contribution is 2.12. The van der Waals surface area contributed by atoms with Gasteiger partial charge in [0, 0.05) is 13.0 Å². The number of nitrogens with zero attached hydrogens (tertiary/aromatic N) is 1. The minimum atomic E-state index is -0.296. The Morgan fingerprint density at radius 3 is 3.25 bits per heavy atom. The van der Waals surface area contributed by atoms with Gasteiger partial charge in [0.05, 0.1) is 6.04 Å². The fraction of sp³-hybridized carbons (Fsp3) is 0.444. The van der Waals surface area contributed by atoms with E-state index in [1.54, 1.807) is 11.0 Å². The van der Waals surface area contributed by atoms with E-state index in [4.69, 9.17) is 11.2 Å². The molecule has 0 N–H and O–H groups in total. The zero-order chi connectivity index (χ0) is 8.97. The quantitative estimate of drug-likeness (QED) is 0.461. The monoisotopic (exact) mass is 165 g/mol. The molecular formula is C9H11NO2. The molecule has 1 atom stereocenters. The molecule has 0 radical (unpaired) electrons. The predicted molar refractivity (Wildman–Crippen MR) is 45.5 cm³/mol. The summed E-state index contributed by atoms with van der Waals surface area (Å²) in [6, 6.07) is -0.00847. The Morgan fingerprint density at radius 1 is 1.92 bits per heavy atom. The van der Waals surface area contributed by atoms with Gasteiger partial charge in [-0.1, -0.05) is 6.08 Å². The molecule has 3 heteroatoms. The summed E-state index contributed by atoms with van der Waals surface area (Å²) >= 11 is 0. The number of rotatable bonds is 3. The topological polar surface area (TPSA) is 29.5 Å². The van der Waals surface area contributed by atoms with Gasteiger partial charge in [-0.05, 0) is 0 Å². The third-order valence-corrected chi connectivity index (χ3v) is 1.78. The summed E-state index contributed by atoms with van der Waals surface area (Å²) < 4.78 is 4.81. The summed E-state index contributed by atoms with van der Waals surface area (Å²) in [6.07, 6.45) is 7.04. The van der Waals surface area contributed by atoms with Crippen LogP contribution in [0.4, 0.5) is 4.79 Å². The zero-order valence-corrected chi connectivity index (χ0v) is 6.82. The molecule has 0 aromatic heterocycles. The molecule has 1 amide bonds. The average Bonchev–Trinajstić information content (AvgIpc) is 2.43. The molecular weight excluding hydrogens is 154 g/mol. The first-order chi connectivity index (χ1) is 5.79. The first-order valence-corrected chi connectivity index (χ1v) is 3.79. The Balaban J connectivity index is 2.52. The van der Waals surface area contributed by atoms with Crippen molar-refractivity contribution < 1.29 is 9.53 Å². The van der Waals surface area contributed by atoms with Crippen molar-refractivity contribution in [3.05, 3.63) is 12.7 Å². The van der Waals surface area contributed by atoms with Crippen molar-refractivity contribution in [2.45, 2.75) is 12.5 Å². The van der Waals surface area contributed by atoms with Crippen LogP contribution in [-0.2, 0) is 4.74 Å². The molecule has 3 nitrogen and oxygen atoms in total. The molecule has 0 aromatic carbocycles. The van der Waals surface area contributed by atoms with E-state index in [9.17, 15) is 4.79 Å². The summed E-state index contributed by atoms with van der Waals surface area (Å²) in [6.45, 7) is 4.55. The van der Waals surface area contributed by atoms with Gasteiger partial charge >= 0.3 is 6.09 Å². The normalized spacial score (nSPS) is 21.8. The number of carbonyl (C=O) groups is 1. The fourth-order valence-corrected chi connectivity index (χ4v) is 1.10. The molecule has 0 unspecified atom stereocenters. The summed E-state index contributed by atoms with van der Waals surface area (Å²) in [7, 11) is 0. The predicted octanol–water partition coefficient (Wildman–Crippen LogP) is 1.02. The second-order valence-corrected chi connectivity index (χ2v) is 2.53. The van der Waals surface area contributed by atoms with E-state index in [1.807, 2.05) is 0 Å². The largest absolute Gasteiger partial charge is 0.447 e. The smallest absolute Gasteiger partial charge is 0.410 e. The van der Waals surface area contributed by atoms with Crippen molar-refractivity contribution in [2.24, 2.45) is 0 Å². The number of amides is 1. The number of cyclic esters (lactones) is 1. The second kappa shape index (κ2) is 3.82. The van der Waals surface area contributed by atoms with Crippen molar-refractivity contribution in [3.63, 3.8) is 0 Å². The molecule has 0 aromatic rings. The van der Waals surface area contributed by atoms with Crippen LogP contribution in [0.1, 0.15) is 6.42 Å². The minimum Gasteiger partial charge on any atom is -0.447 e. The summed E-state index contributed by atoms with van der Waals surface area (Å²) in [5, 5.41) is 0. The zero-order valence-electron chi connectivity index (χ0n) is 6.82. The molecule has 1 saturated heterocycles. The lowest BCUT2D eigenvalue weighted by Gasteiger charge is -2.16. The lowest BCUT2D eigenvalue weighted by Crippen LogP contribution is -2.32. The Morgan fingerprint density at radius 2 is 2.67 bits per heavy atom. The van der Waals surface area contributed by atoms with Crippen LogP contribution in [0.15, 0.2) is 12.7 Å². The third kappa shape index (κ3) is 1.59. The van der Waals surface area contributed by atoms with Gasteiger partial charge < -0.3 is 4.74 Å². The molecule has 0 bridgehead atoms. The molecule has 0 saturated carbocycles. The van der Waals surface area contributed by atoms with E-state index in [1.165, 1.54) is 0 Å². The van der Waals surface area contributed by atoms with Crippen LogP contribution in [0.2, 0.25) is 0 Å². The van der Waals surface area contributed by atoms with Gasteiger partial charge in [-0.3, -0.25) is 4.90 Å². The minimum absolute atomic E-state index is 0.00847. The first-order valence-electron chi connectivity index (χ1n) is 3.79. The van der Waals surface area contributed by atoms with Crippen molar-refractivity contribution in [1.82, 2.24) is 4.90 Å². The molecule has 1 aliphatic rings. The maximum Gasteiger partial charge on any atom is 0.410 e. The Labute approximate surface area is 72.0 Å². The molecule has 64 valence electrons. The van der Waals surface area contributed by atoms with Crippen LogP contribution in [0.25, 0.3) is 0 Å². The molecule has 1 fully saturated rings. The lowest BCUT2D eigenvalue weighted by molar-refractivity contribution is 0.158. The number of hydrogen-bond acceptors (Lipinski definition) is 2. The van der Waals surface area contributed by atoms with E-state index < -0.39 is 0 Å². The molecule has 1 rings (SSSR count). The summed E-state index contributed by atoms with van der Waals surface area (Å²) in [5.41, 5.74) is 0. The van der Waals surface area contributed by atoms with Crippen molar-refractivity contribution >= 4 is 6.09 Å². The van der Waals surface area contributed by atoms with Gasteiger partial charge in [0.15, 0.2) is 0 Å². The maximum atomic E-state index is 11.0. The molecule has 1 aliphatic heterocycles. The van der Waals surface area contributed by atoms with E-state index in [0.29, 0.717) is 19.6 Å². The van der Waals surface area contributed by atoms with E-state index in [2.05, 4.69) is 12.5 Å². The van der Waals surface area contributed by atoms with E-state index >= 15 is 0 Å². The average molecular weight is 165 g/mol. The van der Waals surface area contributed by atoms with Crippen molar-refractivity contribution in [2.75, 3.05) is 13.2 Å². The molecule has 0 aliphatic carbocycles. The summed E-state index contributed by atoms with van der Waals surface area (Å²) in [5.74, 6) is 2.48. The van der Waals surface area contributed by atoms with Gasteiger partial charge in [0.1, 0.15) is 6.61 Å². The van der Waals surface area contributed by atoms with Gasteiger partial charge in [-0.25, -0.2) is 4.79 Å². The number of hydrogen-bond donors (Lipinski definition) is 0. The SMILES string of the molecule is C#CCCN1C(=O)OC[C@@H]1C=C. The van der Waals surface area contributed by atoms with Gasteiger partial charge in [-0.15, -0.1) is 18.9 Å². The van der Waals surface area contributed by atoms with Crippen LogP contribution < -0.4 is 0 Å². The number of terminal acetylenes is 1. The fourth-order valence-electron chi connectivity index (χ4n) is 1.10. The Kier molecular flexibility index (Phi) is 2.76. The highest BCUT2D eigenvalue weighted by Gasteiger charge is 2.29. The van der Waals surface area contributed by atoms with Crippen LogP contribution >= 0.6 is 0 Å². The second-order valence-electron chi connectivity index (χ2n) is 2.53. The van der Waals surface area contributed by atoms with Gasteiger partial charge in [-0.2, -0.15) is 0 Å². The highest BCUT2D eigenvalue weighted by molar-refractivity contribution is 5.70. The van der Waals surface area contributed by atoms with Gasteiger partial charge in [0.2, 0.25) is 0 Å². The highest BCUT2D eigenvalue weighted by atomic mass is 16.6. The third-order valence-electron chi connectivity index (χ3n) is 1.78. The Bertz CT molecular complexity index is 229. The molecule has 0 spiro atoms. The number of carbonyl (C=O) groups excluding carboxylic acids is 1. The standard InChI is InChI=1S/C9H11NO2/c1-3-5-6-10-8(4-2)7-12-9(10)11/h1,4,8H,2,5-7H2/t8-/m0/s1. The van der Waals surface area contributed by atoms with E-state index in [-0.39, 0.29) is 12.1 Å². The van der Waals surface area contributed by atoms with Crippen LogP contribution in [0.5, 0.6) is 0 Å². The number of ether oxygens (including phenoxy) is 1. The van der Waals surface area contributed by atoms with Crippen LogP contribution in [0, 0.1) is 12.3 Å². The maximum absolute atomic E-state index is 11.0. The lowest BCUT2D eigenvalue weighted by atomic mass is 10.3. The van der Waals surface area contributed by atoms with Crippen LogP contribution in [0.3, 0.4) is 0 Å². The van der Waals surface area contributed by atoms with Crippen molar-refractivity contribution in [1.29, 1.82) is 0 Å².